The molecule has 0 atom stereocenters. The highest BCUT2D eigenvalue weighted by atomic mass is 32.2. The maximum absolute atomic E-state index is 13.6. The summed E-state index contributed by atoms with van der Waals surface area (Å²) < 4.78 is 28.5. The van der Waals surface area contributed by atoms with E-state index in [1.54, 1.807) is 42.9 Å². The molecular formula is C23H22N4O2S. The molecule has 7 heteroatoms. The molecule has 0 spiro atoms. The zero-order valence-corrected chi connectivity index (χ0v) is 17.5. The Morgan fingerprint density at radius 2 is 1.83 bits per heavy atom. The van der Waals surface area contributed by atoms with Crippen molar-refractivity contribution in [2.24, 2.45) is 0 Å². The van der Waals surface area contributed by atoms with Crippen LogP contribution in [0.2, 0.25) is 0 Å². The van der Waals surface area contributed by atoms with Gasteiger partial charge in [-0.3, -0.25) is 4.98 Å². The zero-order chi connectivity index (χ0) is 20.7. The smallest absolute Gasteiger partial charge is 0.269 e. The Kier molecular flexibility index (Phi) is 4.64. The van der Waals surface area contributed by atoms with E-state index in [1.807, 2.05) is 18.2 Å². The molecule has 0 fully saturated rings. The lowest BCUT2D eigenvalue weighted by atomic mass is 10.0. The van der Waals surface area contributed by atoms with Crippen molar-refractivity contribution < 1.29 is 8.42 Å². The molecule has 4 aromatic rings. The molecule has 30 heavy (non-hydrogen) atoms. The maximum Gasteiger partial charge on any atom is 0.269 e. The van der Waals surface area contributed by atoms with Gasteiger partial charge in [0.25, 0.3) is 10.0 Å². The second-order valence-corrected chi connectivity index (χ2v) is 9.46. The number of rotatable bonds is 3. The molecule has 0 radical (unpaired) electrons. The van der Waals surface area contributed by atoms with E-state index in [0.717, 1.165) is 47.8 Å². The standard InChI is InChI=1S/C23H22N4O2S/c1-26-13-4-6-17(10-14-26)21-16-27(23-20(21)7-3-12-25-23)30(28,29)19-8-9-22-18(15-19)5-2-11-24-22/h2-3,5-9,11-12,15-16H,4,10,13-14H2,1H3. The minimum atomic E-state index is -3.81. The molecule has 3 aromatic heterocycles. The SMILES string of the molecule is CN1CCC=C(c2cn(S(=O)(=O)c3ccc4ncccc4c3)c3ncccc23)CC1. The Hall–Kier alpha value is -3.03. The van der Waals surface area contributed by atoms with E-state index in [2.05, 4.69) is 28.0 Å². The molecule has 0 unspecified atom stereocenters. The highest BCUT2D eigenvalue weighted by Crippen LogP contribution is 2.32. The highest BCUT2D eigenvalue weighted by molar-refractivity contribution is 7.90. The van der Waals surface area contributed by atoms with Gasteiger partial charge >= 0.3 is 0 Å². The third-order valence-electron chi connectivity index (χ3n) is 5.67. The first-order chi connectivity index (χ1) is 14.5. The van der Waals surface area contributed by atoms with E-state index in [1.165, 1.54) is 9.55 Å². The van der Waals surface area contributed by atoms with Crippen LogP contribution < -0.4 is 0 Å². The van der Waals surface area contributed by atoms with Gasteiger partial charge in [0, 0.05) is 48.0 Å². The zero-order valence-electron chi connectivity index (χ0n) is 16.7. The minimum absolute atomic E-state index is 0.228. The van der Waals surface area contributed by atoms with Crippen LogP contribution in [0.1, 0.15) is 18.4 Å². The van der Waals surface area contributed by atoms with Crippen LogP contribution in [0.4, 0.5) is 0 Å². The maximum atomic E-state index is 13.6. The van der Waals surface area contributed by atoms with E-state index in [0.29, 0.717) is 5.65 Å². The first kappa shape index (κ1) is 19.0. The normalized spacial score (nSPS) is 16.0. The fourth-order valence-electron chi connectivity index (χ4n) is 4.03. The van der Waals surface area contributed by atoms with Crippen LogP contribution in [0.5, 0.6) is 0 Å². The average molecular weight is 419 g/mol. The fourth-order valence-corrected chi connectivity index (χ4v) is 5.39. The van der Waals surface area contributed by atoms with Crippen LogP contribution in [0.25, 0.3) is 27.5 Å². The molecule has 4 heterocycles. The van der Waals surface area contributed by atoms with E-state index in [4.69, 9.17) is 0 Å². The van der Waals surface area contributed by atoms with Crippen molar-refractivity contribution >= 4 is 37.5 Å². The van der Waals surface area contributed by atoms with Crippen LogP contribution >= 0.6 is 0 Å². The number of benzene rings is 1. The van der Waals surface area contributed by atoms with Crippen LogP contribution in [0.15, 0.2) is 72.0 Å². The third kappa shape index (κ3) is 3.20. The van der Waals surface area contributed by atoms with Gasteiger partial charge in [-0.25, -0.2) is 17.4 Å². The molecule has 0 N–H and O–H groups in total. The van der Waals surface area contributed by atoms with Gasteiger partial charge in [0.1, 0.15) is 0 Å². The number of fused-ring (bicyclic) bond motifs is 2. The number of hydrogen-bond acceptors (Lipinski definition) is 5. The summed E-state index contributed by atoms with van der Waals surface area (Å²) in [6, 6.07) is 12.5. The van der Waals surface area contributed by atoms with Gasteiger partial charge < -0.3 is 4.90 Å². The third-order valence-corrected chi connectivity index (χ3v) is 7.32. The quantitative estimate of drug-likeness (QED) is 0.504. The number of nitrogens with zero attached hydrogens (tertiary/aromatic N) is 4. The molecular weight excluding hydrogens is 396 g/mol. The number of hydrogen-bond donors (Lipinski definition) is 0. The molecule has 0 saturated carbocycles. The van der Waals surface area contributed by atoms with E-state index < -0.39 is 10.0 Å². The Labute approximate surface area is 175 Å². The minimum Gasteiger partial charge on any atom is -0.306 e. The van der Waals surface area contributed by atoms with E-state index in [9.17, 15) is 8.42 Å². The molecule has 6 nitrogen and oxygen atoms in total. The molecule has 0 saturated heterocycles. The predicted octanol–water partition coefficient (Wildman–Crippen LogP) is 3.93. The highest BCUT2D eigenvalue weighted by Gasteiger charge is 2.24. The Bertz CT molecular complexity index is 1390. The second kappa shape index (κ2) is 7.34. The molecule has 0 bridgehead atoms. The molecule has 0 aliphatic carbocycles. The molecule has 1 aliphatic heterocycles. The first-order valence-corrected chi connectivity index (χ1v) is 11.4. The lowest BCUT2D eigenvalue weighted by Crippen LogP contribution is -2.18. The van der Waals surface area contributed by atoms with Gasteiger partial charge in [0.05, 0.1) is 10.4 Å². The predicted molar refractivity (Wildman–Crippen MR) is 119 cm³/mol. The Morgan fingerprint density at radius 3 is 2.73 bits per heavy atom. The van der Waals surface area contributed by atoms with Gasteiger partial charge in [-0.15, -0.1) is 0 Å². The molecule has 1 aliphatic rings. The van der Waals surface area contributed by atoms with E-state index in [-0.39, 0.29) is 4.90 Å². The van der Waals surface area contributed by atoms with Crippen LogP contribution in [-0.2, 0) is 10.0 Å². The lowest BCUT2D eigenvalue weighted by Gasteiger charge is -2.12. The van der Waals surface area contributed by atoms with E-state index >= 15 is 0 Å². The van der Waals surface area contributed by atoms with Crippen LogP contribution in [-0.4, -0.2) is 47.4 Å². The van der Waals surface area contributed by atoms with Crippen molar-refractivity contribution in [3.63, 3.8) is 0 Å². The summed E-state index contributed by atoms with van der Waals surface area (Å²) in [5.41, 5.74) is 3.34. The van der Waals surface area contributed by atoms with Crippen LogP contribution in [0, 0.1) is 0 Å². The van der Waals surface area contributed by atoms with Gasteiger partial charge in [0.2, 0.25) is 0 Å². The van der Waals surface area contributed by atoms with Gasteiger partial charge in [-0.1, -0.05) is 12.1 Å². The lowest BCUT2D eigenvalue weighted by molar-refractivity contribution is 0.355. The fraction of sp³-hybridized carbons (Fsp3) is 0.217. The summed E-state index contributed by atoms with van der Waals surface area (Å²) in [7, 11) is -1.69. The largest absolute Gasteiger partial charge is 0.306 e. The van der Waals surface area contributed by atoms with Crippen molar-refractivity contribution in [1.82, 2.24) is 18.8 Å². The second-order valence-electron chi connectivity index (χ2n) is 7.65. The van der Waals surface area contributed by atoms with Crippen molar-refractivity contribution in [2.75, 3.05) is 20.1 Å². The van der Waals surface area contributed by atoms with Gasteiger partial charge in [-0.2, -0.15) is 0 Å². The molecule has 0 amide bonds. The van der Waals surface area contributed by atoms with Gasteiger partial charge in [-0.05, 0) is 61.9 Å². The summed E-state index contributed by atoms with van der Waals surface area (Å²) in [5.74, 6) is 0. The number of aromatic nitrogens is 3. The average Bonchev–Trinajstić information content (AvgIpc) is 3.03. The summed E-state index contributed by atoms with van der Waals surface area (Å²) in [6.07, 6.45) is 9.12. The molecule has 5 rings (SSSR count). The summed E-state index contributed by atoms with van der Waals surface area (Å²) in [5, 5.41) is 1.65. The first-order valence-electron chi connectivity index (χ1n) is 9.98. The summed E-state index contributed by atoms with van der Waals surface area (Å²) in [6.45, 7) is 1.95. The summed E-state index contributed by atoms with van der Waals surface area (Å²) in [4.78, 5) is 11.2. The van der Waals surface area contributed by atoms with Crippen molar-refractivity contribution in [3.8, 4) is 0 Å². The molecule has 1 aromatic carbocycles. The monoisotopic (exact) mass is 418 g/mol. The van der Waals surface area contributed by atoms with Crippen LogP contribution in [0.3, 0.4) is 0 Å². The number of pyridine rings is 2. The van der Waals surface area contributed by atoms with Gasteiger partial charge in [0.15, 0.2) is 5.65 Å². The van der Waals surface area contributed by atoms with Crippen molar-refractivity contribution in [1.29, 1.82) is 0 Å². The topological polar surface area (TPSA) is 68.1 Å². The summed E-state index contributed by atoms with van der Waals surface area (Å²) >= 11 is 0. The Balaban J connectivity index is 1.67. The van der Waals surface area contributed by atoms with Crippen molar-refractivity contribution in [3.05, 3.63) is 72.7 Å². The molecule has 152 valence electrons. The Morgan fingerprint density at radius 1 is 1.00 bits per heavy atom. The van der Waals surface area contributed by atoms with Crippen molar-refractivity contribution in [2.45, 2.75) is 17.7 Å².